The second-order valence-electron chi connectivity index (χ2n) is 5.81. The minimum absolute atomic E-state index is 0.113. The normalized spacial score (nSPS) is 17.1. The molecule has 1 N–H and O–H groups in total. The van der Waals surface area contributed by atoms with Crippen LogP contribution >= 0.6 is 0 Å². The molecule has 7 heteroatoms. The van der Waals surface area contributed by atoms with Gasteiger partial charge in [-0.1, -0.05) is 13.0 Å². The van der Waals surface area contributed by atoms with Crippen LogP contribution in [0.15, 0.2) is 54.9 Å². The molecule has 0 fully saturated rings. The van der Waals surface area contributed by atoms with Gasteiger partial charge in [-0.05, 0) is 24.6 Å². The second-order valence-corrected chi connectivity index (χ2v) is 5.81. The lowest BCUT2D eigenvalue weighted by molar-refractivity contribution is 0.492. The minimum Gasteiger partial charge on any atom is -0.338 e. The first-order valence-corrected chi connectivity index (χ1v) is 7.94. The van der Waals surface area contributed by atoms with Crippen molar-refractivity contribution in [3.05, 3.63) is 60.7 Å². The lowest BCUT2D eigenvalue weighted by Crippen LogP contribution is -2.06. The van der Waals surface area contributed by atoms with Gasteiger partial charge in [0.05, 0.1) is 0 Å². The standard InChI is InChI=1S/C18H15FN6/c1-11-2-3-12(10-14(11)19)16-24-17-15(21-8-9-22-17)18(25-16)23-13-4-6-20-7-5-13/h3-11H,2H2,1H3,(H,20,22,23,24,25). The summed E-state index contributed by atoms with van der Waals surface area (Å²) in [5, 5.41) is 3.21. The summed E-state index contributed by atoms with van der Waals surface area (Å²) in [4.78, 5) is 21.6. The van der Waals surface area contributed by atoms with E-state index >= 15 is 0 Å². The summed E-state index contributed by atoms with van der Waals surface area (Å²) >= 11 is 0. The van der Waals surface area contributed by atoms with Crippen molar-refractivity contribution in [1.82, 2.24) is 24.9 Å². The van der Waals surface area contributed by atoms with E-state index in [4.69, 9.17) is 0 Å². The molecular formula is C18H15FN6. The Hall–Kier alpha value is -3.22. The quantitative estimate of drug-likeness (QED) is 0.784. The molecule has 3 aromatic heterocycles. The Kier molecular flexibility index (Phi) is 3.89. The van der Waals surface area contributed by atoms with E-state index in [1.165, 1.54) is 6.08 Å². The van der Waals surface area contributed by atoms with Crippen molar-refractivity contribution >= 4 is 28.2 Å². The third-order valence-corrected chi connectivity index (χ3v) is 3.99. The molecule has 1 unspecified atom stereocenters. The molecule has 0 aromatic carbocycles. The van der Waals surface area contributed by atoms with Crippen molar-refractivity contribution in [1.29, 1.82) is 0 Å². The van der Waals surface area contributed by atoms with E-state index in [1.807, 2.05) is 25.1 Å². The van der Waals surface area contributed by atoms with Crippen LogP contribution in [0, 0.1) is 5.92 Å². The molecule has 0 spiro atoms. The molecule has 0 saturated heterocycles. The summed E-state index contributed by atoms with van der Waals surface area (Å²) in [6.45, 7) is 1.85. The van der Waals surface area contributed by atoms with Crippen LogP contribution in [0.2, 0.25) is 0 Å². The zero-order valence-corrected chi connectivity index (χ0v) is 13.5. The highest BCUT2D eigenvalue weighted by molar-refractivity contribution is 5.86. The average molecular weight is 334 g/mol. The van der Waals surface area contributed by atoms with E-state index in [9.17, 15) is 4.39 Å². The molecule has 1 aliphatic rings. The van der Waals surface area contributed by atoms with Crippen molar-refractivity contribution in [2.75, 3.05) is 5.32 Å². The maximum Gasteiger partial charge on any atom is 0.184 e. The van der Waals surface area contributed by atoms with Crippen LogP contribution < -0.4 is 5.32 Å². The van der Waals surface area contributed by atoms with Gasteiger partial charge in [-0.25, -0.2) is 24.3 Å². The van der Waals surface area contributed by atoms with Crippen molar-refractivity contribution in [3.8, 4) is 0 Å². The van der Waals surface area contributed by atoms with E-state index < -0.39 is 0 Å². The Labute approximate surface area is 143 Å². The molecule has 124 valence electrons. The third kappa shape index (κ3) is 3.08. The van der Waals surface area contributed by atoms with Crippen molar-refractivity contribution < 1.29 is 4.39 Å². The van der Waals surface area contributed by atoms with Crippen LogP contribution in [0.25, 0.3) is 16.7 Å². The number of allylic oxidation sites excluding steroid dienone is 4. The molecule has 0 bridgehead atoms. The second kappa shape index (κ2) is 6.35. The summed E-state index contributed by atoms with van der Waals surface area (Å²) in [5.41, 5.74) is 2.48. The molecule has 0 aliphatic heterocycles. The van der Waals surface area contributed by atoms with Gasteiger partial charge in [-0.15, -0.1) is 0 Å². The van der Waals surface area contributed by atoms with Crippen molar-refractivity contribution in [2.45, 2.75) is 13.3 Å². The molecule has 0 saturated carbocycles. The fourth-order valence-corrected chi connectivity index (χ4v) is 2.57. The summed E-state index contributed by atoms with van der Waals surface area (Å²) in [6.07, 6.45) is 10.6. The highest BCUT2D eigenvalue weighted by Crippen LogP contribution is 2.30. The van der Waals surface area contributed by atoms with Crippen LogP contribution in [0.4, 0.5) is 15.9 Å². The zero-order chi connectivity index (χ0) is 17.2. The average Bonchev–Trinajstić information content (AvgIpc) is 2.65. The number of anilines is 2. The number of hydrogen-bond acceptors (Lipinski definition) is 6. The minimum atomic E-state index is -0.163. The molecule has 3 heterocycles. The largest absolute Gasteiger partial charge is 0.338 e. The number of rotatable bonds is 3. The van der Waals surface area contributed by atoms with Crippen LogP contribution in [0.1, 0.15) is 19.2 Å². The highest BCUT2D eigenvalue weighted by Gasteiger charge is 2.18. The molecule has 1 aliphatic carbocycles. The summed E-state index contributed by atoms with van der Waals surface area (Å²) < 4.78 is 14.0. The van der Waals surface area contributed by atoms with Gasteiger partial charge in [0, 0.05) is 42.0 Å². The van der Waals surface area contributed by atoms with Crippen LogP contribution in [0.3, 0.4) is 0 Å². The monoisotopic (exact) mass is 334 g/mol. The summed E-state index contributed by atoms with van der Waals surface area (Å²) in [5.74, 6) is 0.668. The van der Waals surface area contributed by atoms with Gasteiger partial charge < -0.3 is 5.32 Å². The fourth-order valence-electron chi connectivity index (χ4n) is 2.57. The lowest BCUT2D eigenvalue weighted by atomic mass is 9.97. The van der Waals surface area contributed by atoms with Gasteiger partial charge in [0.15, 0.2) is 22.8 Å². The number of aromatic nitrogens is 5. The fraction of sp³-hybridized carbons (Fsp3) is 0.167. The Balaban J connectivity index is 1.82. The van der Waals surface area contributed by atoms with Gasteiger partial charge >= 0.3 is 0 Å². The Bertz CT molecular complexity index is 983. The smallest absolute Gasteiger partial charge is 0.184 e. The molecular weight excluding hydrogens is 319 g/mol. The van der Waals surface area contributed by atoms with Gasteiger partial charge in [0.1, 0.15) is 5.83 Å². The van der Waals surface area contributed by atoms with Crippen LogP contribution in [-0.4, -0.2) is 24.9 Å². The lowest BCUT2D eigenvalue weighted by Gasteiger charge is -2.15. The Morgan fingerprint density at radius 2 is 1.88 bits per heavy atom. The van der Waals surface area contributed by atoms with Gasteiger partial charge in [-0.2, -0.15) is 0 Å². The molecule has 1 atom stereocenters. The number of hydrogen-bond donors (Lipinski definition) is 1. The maximum atomic E-state index is 14.0. The maximum absolute atomic E-state index is 14.0. The van der Waals surface area contributed by atoms with E-state index in [0.717, 1.165) is 5.69 Å². The van der Waals surface area contributed by atoms with Crippen molar-refractivity contribution in [2.24, 2.45) is 5.92 Å². The first kappa shape index (κ1) is 15.3. The van der Waals surface area contributed by atoms with E-state index in [1.54, 1.807) is 24.8 Å². The van der Waals surface area contributed by atoms with Gasteiger partial charge in [-0.3, -0.25) is 4.98 Å². The molecule has 0 radical (unpaired) electrons. The Morgan fingerprint density at radius 1 is 1.08 bits per heavy atom. The van der Waals surface area contributed by atoms with E-state index in [-0.39, 0.29) is 11.7 Å². The Morgan fingerprint density at radius 3 is 2.68 bits per heavy atom. The van der Waals surface area contributed by atoms with Crippen LogP contribution in [-0.2, 0) is 0 Å². The van der Waals surface area contributed by atoms with E-state index in [0.29, 0.717) is 34.8 Å². The summed E-state index contributed by atoms with van der Waals surface area (Å²) in [6, 6.07) is 3.65. The number of pyridine rings is 1. The topological polar surface area (TPSA) is 76.5 Å². The van der Waals surface area contributed by atoms with Gasteiger partial charge in [0.25, 0.3) is 0 Å². The number of fused-ring (bicyclic) bond motifs is 1. The zero-order valence-electron chi connectivity index (χ0n) is 13.5. The predicted molar refractivity (Wildman–Crippen MR) is 93.6 cm³/mol. The first-order chi connectivity index (χ1) is 12.2. The molecule has 3 aromatic rings. The molecule has 6 nitrogen and oxygen atoms in total. The van der Waals surface area contributed by atoms with Crippen molar-refractivity contribution in [3.63, 3.8) is 0 Å². The SMILES string of the molecule is CC1CC=C(c2nc(Nc3ccncc3)c3nccnc3n2)C=C1F. The van der Waals surface area contributed by atoms with Gasteiger partial charge in [0.2, 0.25) is 0 Å². The predicted octanol–water partition coefficient (Wildman–Crippen LogP) is 3.84. The van der Waals surface area contributed by atoms with E-state index in [2.05, 4.69) is 30.2 Å². The number of halogens is 1. The number of nitrogens with zero attached hydrogens (tertiary/aromatic N) is 5. The van der Waals surface area contributed by atoms with Crippen LogP contribution in [0.5, 0.6) is 0 Å². The number of nitrogens with one attached hydrogen (secondary N) is 1. The highest BCUT2D eigenvalue weighted by atomic mass is 19.1. The summed E-state index contributed by atoms with van der Waals surface area (Å²) in [7, 11) is 0. The molecule has 25 heavy (non-hydrogen) atoms. The first-order valence-electron chi connectivity index (χ1n) is 7.94. The molecule has 4 rings (SSSR count). The third-order valence-electron chi connectivity index (χ3n) is 3.99. The molecule has 0 amide bonds.